The van der Waals surface area contributed by atoms with E-state index in [1.165, 1.54) is 0 Å². The van der Waals surface area contributed by atoms with Crippen LogP contribution in [0.1, 0.15) is 25.5 Å². The molecule has 1 N–H and O–H groups in total. The second-order valence-corrected chi connectivity index (χ2v) is 4.36. The van der Waals surface area contributed by atoms with E-state index in [4.69, 9.17) is 9.52 Å². The topological polar surface area (TPSA) is 50.4 Å². The van der Waals surface area contributed by atoms with Gasteiger partial charge in [0, 0.05) is 6.42 Å². The van der Waals surface area contributed by atoms with Gasteiger partial charge in [-0.15, -0.1) is 0 Å². The Balaban J connectivity index is 2.10. The summed E-state index contributed by atoms with van der Waals surface area (Å²) in [7, 11) is 0. The van der Waals surface area contributed by atoms with Crippen molar-refractivity contribution in [1.29, 1.82) is 0 Å². The van der Waals surface area contributed by atoms with Gasteiger partial charge < -0.3 is 9.52 Å². The molecule has 76 valence electrons. The molecule has 3 nitrogen and oxygen atoms in total. The molecule has 1 aliphatic carbocycles. The first-order chi connectivity index (χ1) is 6.62. The SMILES string of the molecule is CC1CC(Cc2ccco2)(C(=O)O)C1. The van der Waals surface area contributed by atoms with Gasteiger partial charge >= 0.3 is 5.97 Å². The average Bonchev–Trinajstić information content (AvgIpc) is 2.53. The summed E-state index contributed by atoms with van der Waals surface area (Å²) in [5.74, 6) is 0.618. The highest BCUT2D eigenvalue weighted by molar-refractivity contribution is 5.76. The standard InChI is InChI=1S/C11H14O3/c1-8-5-11(6-8,10(12)13)7-9-3-2-4-14-9/h2-4,8H,5-7H2,1H3,(H,12,13). The molecule has 0 aromatic carbocycles. The number of aliphatic carboxylic acids is 1. The molecule has 0 spiro atoms. The Morgan fingerprint density at radius 3 is 2.86 bits per heavy atom. The van der Waals surface area contributed by atoms with Crippen molar-refractivity contribution >= 4 is 5.97 Å². The van der Waals surface area contributed by atoms with E-state index in [2.05, 4.69) is 6.92 Å². The van der Waals surface area contributed by atoms with Gasteiger partial charge in [-0.25, -0.2) is 0 Å². The molecular weight excluding hydrogens is 180 g/mol. The summed E-state index contributed by atoms with van der Waals surface area (Å²) >= 11 is 0. The maximum absolute atomic E-state index is 11.1. The van der Waals surface area contributed by atoms with Crippen LogP contribution in [-0.2, 0) is 11.2 Å². The Morgan fingerprint density at radius 2 is 2.43 bits per heavy atom. The lowest BCUT2D eigenvalue weighted by Crippen LogP contribution is -2.44. The van der Waals surface area contributed by atoms with Crippen molar-refractivity contribution < 1.29 is 14.3 Å². The van der Waals surface area contributed by atoms with Gasteiger partial charge in [-0.1, -0.05) is 6.92 Å². The minimum atomic E-state index is -0.688. The van der Waals surface area contributed by atoms with E-state index in [9.17, 15) is 4.79 Å². The normalized spacial score (nSPS) is 31.1. The van der Waals surface area contributed by atoms with Crippen molar-refractivity contribution in [1.82, 2.24) is 0 Å². The van der Waals surface area contributed by atoms with Gasteiger partial charge in [0.05, 0.1) is 11.7 Å². The first-order valence-corrected chi connectivity index (χ1v) is 4.88. The minimum Gasteiger partial charge on any atom is -0.481 e. The molecule has 3 heteroatoms. The molecular formula is C11H14O3. The van der Waals surface area contributed by atoms with Crippen molar-refractivity contribution in [3.63, 3.8) is 0 Å². The summed E-state index contributed by atoms with van der Waals surface area (Å²) in [4.78, 5) is 11.1. The molecule has 0 bridgehead atoms. The predicted octanol–water partition coefficient (Wildman–Crippen LogP) is 2.32. The third-order valence-electron chi connectivity index (χ3n) is 3.02. The van der Waals surface area contributed by atoms with E-state index in [0.717, 1.165) is 18.6 Å². The summed E-state index contributed by atoms with van der Waals surface area (Å²) in [5.41, 5.74) is -0.558. The predicted molar refractivity (Wildman–Crippen MR) is 50.9 cm³/mol. The summed E-state index contributed by atoms with van der Waals surface area (Å²) < 4.78 is 5.19. The van der Waals surface area contributed by atoms with Gasteiger partial charge in [0.15, 0.2) is 0 Å². The largest absolute Gasteiger partial charge is 0.481 e. The molecule has 0 unspecified atom stereocenters. The second kappa shape index (κ2) is 3.15. The van der Waals surface area contributed by atoms with Crippen LogP contribution in [0.15, 0.2) is 22.8 Å². The van der Waals surface area contributed by atoms with Crippen molar-refractivity contribution in [2.45, 2.75) is 26.2 Å². The molecule has 0 atom stereocenters. The fraction of sp³-hybridized carbons (Fsp3) is 0.545. The number of carboxylic acid groups (broad SMARTS) is 1. The van der Waals surface area contributed by atoms with Crippen LogP contribution in [0.5, 0.6) is 0 Å². The van der Waals surface area contributed by atoms with E-state index in [1.54, 1.807) is 12.3 Å². The van der Waals surface area contributed by atoms with Gasteiger partial charge in [-0.2, -0.15) is 0 Å². The zero-order valence-corrected chi connectivity index (χ0v) is 8.19. The van der Waals surface area contributed by atoms with E-state index < -0.39 is 11.4 Å². The zero-order chi connectivity index (χ0) is 10.2. The van der Waals surface area contributed by atoms with Gasteiger partial charge in [0.2, 0.25) is 0 Å². The van der Waals surface area contributed by atoms with Gasteiger partial charge in [-0.3, -0.25) is 4.79 Å². The first kappa shape index (κ1) is 9.31. The Labute approximate surface area is 82.7 Å². The Hall–Kier alpha value is -1.25. The minimum absolute atomic E-state index is 0.527. The number of carbonyl (C=O) groups is 1. The third-order valence-corrected chi connectivity index (χ3v) is 3.02. The number of rotatable bonds is 3. The summed E-state index contributed by atoms with van der Waals surface area (Å²) in [6.07, 6.45) is 3.65. The average molecular weight is 194 g/mol. The molecule has 0 saturated heterocycles. The Morgan fingerprint density at radius 1 is 1.71 bits per heavy atom. The number of hydrogen-bond acceptors (Lipinski definition) is 2. The molecule has 14 heavy (non-hydrogen) atoms. The number of hydrogen-bond donors (Lipinski definition) is 1. The van der Waals surface area contributed by atoms with Gasteiger partial charge in [0.1, 0.15) is 5.76 Å². The van der Waals surface area contributed by atoms with Crippen LogP contribution >= 0.6 is 0 Å². The molecule has 2 rings (SSSR count). The Bertz CT molecular complexity index is 320. The van der Waals surface area contributed by atoms with Crippen LogP contribution in [0.4, 0.5) is 0 Å². The van der Waals surface area contributed by atoms with Crippen molar-refractivity contribution in [3.05, 3.63) is 24.2 Å². The highest BCUT2D eigenvalue weighted by atomic mass is 16.4. The van der Waals surface area contributed by atoms with E-state index in [1.807, 2.05) is 6.07 Å². The molecule has 1 heterocycles. The molecule has 0 radical (unpaired) electrons. The lowest BCUT2D eigenvalue weighted by atomic mass is 9.60. The molecule has 1 aromatic rings. The molecule has 1 fully saturated rings. The van der Waals surface area contributed by atoms with E-state index in [0.29, 0.717) is 12.3 Å². The Kier molecular flexibility index (Phi) is 2.10. The maximum Gasteiger partial charge on any atom is 0.310 e. The fourth-order valence-electron chi connectivity index (χ4n) is 2.42. The quantitative estimate of drug-likeness (QED) is 0.803. The molecule has 0 amide bonds. The van der Waals surface area contributed by atoms with Crippen molar-refractivity contribution in [2.75, 3.05) is 0 Å². The second-order valence-electron chi connectivity index (χ2n) is 4.36. The molecule has 1 aromatic heterocycles. The van der Waals surface area contributed by atoms with Crippen LogP contribution in [-0.4, -0.2) is 11.1 Å². The highest BCUT2D eigenvalue weighted by Crippen LogP contribution is 2.47. The first-order valence-electron chi connectivity index (χ1n) is 4.88. The van der Waals surface area contributed by atoms with Gasteiger partial charge in [-0.05, 0) is 30.9 Å². The van der Waals surface area contributed by atoms with E-state index in [-0.39, 0.29) is 0 Å². The number of furan rings is 1. The van der Waals surface area contributed by atoms with Crippen LogP contribution < -0.4 is 0 Å². The van der Waals surface area contributed by atoms with Crippen LogP contribution in [0.3, 0.4) is 0 Å². The zero-order valence-electron chi connectivity index (χ0n) is 8.19. The van der Waals surface area contributed by atoms with Gasteiger partial charge in [0.25, 0.3) is 0 Å². The van der Waals surface area contributed by atoms with Crippen molar-refractivity contribution in [2.24, 2.45) is 11.3 Å². The summed E-state index contributed by atoms with van der Waals surface area (Å²) in [6.45, 7) is 2.09. The monoisotopic (exact) mass is 194 g/mol. The smallest absolute Gasteiger partial charge is 0.310 e. The van der Waals surface area contributed by atoms with E-state index >= 15 is 0 Å². The summed E-state index contributed by atoms with van der Waals surface area (Å²) in [5, 5.41) is 9.16. The third kappa shape index (κ3) is 1.43. The van der Waals surface area contributed by atoms with Crippen molar-refractivity contribution in [3.8, 4) is 0 Å². The maximum atomic E-state index is 11.1. The molecule has 1 aliphatic rings. The lowest BCUT2D eigenvalue weighted by molar-refractivity contribution is -0.158. The summed E-state index contributed by atoms with van der Waals surface area (Å²) in [6, 6.07) is 3.64. The van der Waals surface area contributed by atoms with Crippen LogP contribution in [0, 0.1) is 11.3 Å². The molecule has 1 saturated carbocycles. The number of carboxylic acids is 1. The molecule has 0 aliphatic heterocycles. The van der Waals surface area contributed by atoms with Crippen LogP contribution in [0.25, 0.3) is 0 Å². The van der Waals surface area contributed by atoms with Crippen LogP contribution in [0.2, 0.25) is 0 Å². The highest BCUT2D eigenvalue weighted by Gasteiger charge is 2.48. The fourth-order valence-corrected chi connectivity index (χ4v) is 2.42. The lowest BCUT2D eigenvalue weighted by Gasteiger charge is -2.42.